The summed E-state index contributed by atoms with van der Waals surface area (Å²) in [5.41, 5.74) is 2.92. The van der Waals surface area contributed by atoms with E-state index in [2.05, 4.69) is 5.32 Å². The molecular weight excluding hydrogens is 290 g/mol. The molecule has 4 nitrogen and oxygen atoms in total. The molecule has 0 amide bonds. The fourth-order valence-corrected chi connectivity index (χ4v) is 2.37. The second-order valence-electron chi connectivity index (χ2n) is 5.07. The second kappa shape index (κ2) is 6.23. The second-order valence-corrected chi connectivity index (χ2v) is 5.07. The summed E-state index contributed by atoms with van der Waals surface area (Å²) in [6, 6.07) is 21.5. The van der Waals surface area contributed by atoms with E-state index in [-0.39, 0.29) is 11.3 Å². The predicted octanol–water partition coefficient (Wildman–Crippen LogP) is 4.50. The summed E-state index contributed by atoms with van der Waals surface area (Å²) in [6.45, 7) is 0. The van der Waals surface area contributed by atoms with Gasteiger partial charge < -0.3 is 15.5 Å². The molecule has 0 aliphatic heterocycles. The Kier molecular flexibility index (Phi) is 3.97. The lowest BCUT2D eigenvalue weighted by Gasteiger charge is -2.13. The lowest BCUT2D eigenvalue weighted by Crippen LogP contribution is -2.03. The minimum absolute atomic E-state index is 0.0638. The van der Waals surface area contributed by atoms with Crippen molar-refractivity contribution >= 4 is 17.3 Å². The van der Waals surface area contributed by atoms with Gasteiger partial charge in [-0.25, -0.2) is 4.79 Å². The highest BCUT2D eigenvalue weighted by molar-refractivity contribution is 5.96. The average Bonchev–Trinajstić information content (AvgIpc) is 2.57. The van der Waals surface area contributed by atoms with Crippen molar-refractivity contribution in [2.24, 2.45) is 0 Å². The minimum Gasteiger partial charge on any atom is -0.506 e. The van der Waals surface area contributed by atoms with Crippen LogP contribution in [0.5, 0.6) is 5.75 Å². The molecule has 3 aromatic rings. The molecule has 114 valence electrons. The van der Waals surface area contributed by atoms with Crippen molar-refractivity contribution in [1.29, 1.82) is 0 Å². The van der Waals surface area contributed by atoms with Crippen LogP contribution in [0.15, 0.2) is 72.8 Å². The monoisotopic (exact) mass is 305 g/mol. The highest BCUT2D eigenvalue weighted by Gasteiger charge is 2.13. The molecule has 3 rings (SSSR count). The maximum atomic E-state index is 11.4. The molecule has 0 atom stereocenters. The highest BCUT2D eigenvalue weighted by atomic mass is 16.4. The topological polar surface area (TPSA) is 69.6 Å². The lowest BCUT2D eigenvalue weighted by atomic mass is 10.0. The number of aromatic carboxylic acids is 1. The van der Waals surface area contributed by atoms with E-state index >= 15 is 0 Å². The third-order valence-electron chi connectivity index (χ3n) is 3.53. The largest absolute Gasteiger partial charge is 0.506 e. The Bertz CT molecular complexity index is 844. The van der Waals surface area contributed by atoms with Crippen molar-refractivity contribution in [2.45, 2.75) is 0 Å². The first kappa shape index (κ1) is 14.7. The van der Waals surface area contributed by atoms with E-state index in [1.807, 2.05) is 30.3 Å². The number of rotatable bonds is 4. The summed E-state index contributed by atoms with van der Waals surface area (Å²) in [4.78, 5) is 11.4. The van der Waals surface area contributed by atoms with Crippen molar-refractivity contribution < 1.29 is 15.0 Å². The number of aromatic hydroxyl groups is 1. The molecule has 0 spiro atoms. The first-order valence-electron chi connectivity index (χ1n) is 7.13. The van der Waals surface area contributed by atoms with Crippen LogP contribution in [0.4, 0.5) is 11.4 Å². The molecule has 0 aliphatic rings. The molecule has 0 saturated heterocycles. The van der Waals surface area contributed by atoms with E-state index in [0.29, 0.717) is 11.4 Å². The third-order valence-corrected chi connectivity index (χ3v) is 3.53. The van der Waals surface area contributed by atoms with Crippen LogP contribution in [-0.4, -0.2) is 16.2 Å². The van der Waals surface area contributed by atoms with E-state index in [0.717, 1.165) is 11.1 Å². The Balaban J connectivity index is 2.06. The van der Waals surface area contributed by atoms with E-state index in [1.165, 1.54) is 0 Å². The number of hydrogen-bond donors (Lipinski definition) is 3. The average molecular weight is 305 g/mol. The number of phenols is 1. The molecule has 0 fully saturated rings. The molecule has 0 bridgehead atoms. The van der Waals surface area contributed by atoms with Crippen molar-refractivity contribution in [3.05, 3.63) is 78.4 Å². The van der Waals surface area contributed by atoms with Gasteiger partial charge in [-0.1, -0.05) is 48.5 Å². The molecule has 0 saturated carbocycles. The minimum atomic E-state index is -1.03. The number of phenolic OH excluding ortho intramolecular Hbond substituents is 1. The van der Waals surface area contributed by atoms with Crippen molar-refractivity contribution in [2.75, 3.05) is 5.32 Å². The standard InChI is InChI=1S/C19H15NO3/c21-18-9-5-4-8-16(18)20-17-12-14(10-11-15(17)19(22)23)13-6-2-1-3-7-13/h1-12,20-21H,(H,22,23). The first-order valence-corrected chi connectivity index (χ1v) is 7.13. The van der Waals surface area contributed by atoms with Crippen LogP contribution in [0.2, 0.25) is 0 Å². The molecule has 0 radical (unpaired) electrons. The first-order chi connectivity index (χ1) is 11.1. The van der Waals surface area contributed by atoms with Crippen LogP contribution in [0.25, 0.3) is 11.1 Å². The molecular formula is C19H15NO3. The van der Waals surface area contributed by atoms with Gasteiger partial charge in [0.1, 0.15) is 5.75 Å². The number of hydrogen-bond acceptors (Lipinski definition) is 3. The number of para-hydroxylation sites is 2. The quantitative estimate of drug-likeness (QED) is 0.621. The van der Waals surface area contributed by atoms with Crippen LogP contribution < -0.4 is 5.32 Å². The fourth-order valence-electron chi connectivity index (χ4n) is 2.37. The van der Waals surface area contributed by atoms with Gasteiger partial charge in [0, 0.05) is 0 Å². The van der Waals surface area contributed by atoms with Crippen LogP contribution in [0.3, 0.4) is 0 Å². The number of nitrogens with one attached hydrogen (secondary N) is 1. The van der Waals surface area contributed by atoms with Crippen molar-refractivity contribution in [3.63, 3.8) is 0 Å². The zero-order valence-electron chi connectivity index (χ0n) is 12.2. The van der Waals surface area contributed by atoms with Crippen molar-refractivity contribution in [1.82, 2.24) is 0 Å². The Morgan fingerprint density at radius 3 is 2.17 bits per heavy atom. The van der Waals surface area contributed by atoms with Crippen LogP contribution in [0, 0.1) is 0 Å². The summed E-state index contributed by atoms with van der Waals surface area (Å²) in [5, 5.41) is 22.3. The summed E-state index contributed by atoms with van der Waals surface area (Å²) in [6.07, 6.45) is 0. The Morgan fingerprint density at radius 1 is 0.783 bits per heavy atom. The molecule has 0 aliphatic carbocycles. The van der Waals surface area contributed by atoms with Gasteiger partial charge in [0.05, 0.1) is 16.9 Å². The van der Waals surface area contributed by atoms with Crippen molar-refractivity contribution in [3.8, 4) is 16.9 Å². The molecule has 23 heavy (non-hydrogen) atoms. The zero-order chi connectivity index (χ0) is 16.2. The predicted molar refractivity (Wildman–Crippen MR) is 90.2 cm³/mol. The van der Waals surface area contributed by atoms with Crippen LogP contribution in [0.1, 0.15) is 10.4 Å². The number of anilines is 2. The smallest absolute Gasteiger partial charge is 0.337 e. The summed E-state index contributed by atoms with van der Waals surface area (Å²) in [7, 11) is 0. The van der Waals surface area contributed by atoms with E-state index in [4.69, 9.17) is 0 Å². The number of carboxylic acids is 1. The molecule has 3 N–H and O–H groups in total. The molecule has 0 unspecified atom stereocenters. The number of carbonyl (C=O) groups is 1. The van der Waals surface area contributed by atoms with Gasteiger partial charge >= 0.3 is 5.97 Å². The summed E-state index contributed by atoms with van der Waals surface area (Å²) in [5.74, 6) is -0.962. The summed E-state index contributed by atoms with van der Waals surface area (Å²) < 4.78 is 0. The van der Waals surface area contributed by atoms with E-state index in [1.54, 1.807) is 42.5 Å². The molecule has 0 heterocycles. The highest BCUT2D eigenvalue weighted by Crippen LogP contribution is 2.31. The summed E-state index contributed by atoms with van der Waals surface area (Å²) >= 11 is 0. The molecule has 4 heteroatoms. The Labute approximate surface area is 133 Å². The normalized spacial score (nSPS) is 10.3. The number of carboxylic acid groups (broad SMARTS) is 1. The zero-order valence-corrected chi connectivity index (χ0v) is 12.2. The lowest BCUT2D eigenvalue weighted by molar-refractivity contribution is 0.0698. The van der Waals surface area contributed by atoms with Gasteiger partial charge in [0.15, 0.2) is 0 Å². The number of benzene rings is 3. The molecule has 3 aromatic carbocycles. The SMILES string of the molecule is O=C(O)c1ccc(-c2ccccc2)cc1Nc1ccccc1O. The van der Waals surface area contributed by atoms with Gasteiger partial charge in [-0.15, -0.1) is 0 Å². The van der Waals surface area contributed by atoms with Gasteiger partial charge in [0.2, 0.25) is 0 Å². The Morgan fingerprint density at radius 2 is 1.48 bits per heavy atom. The van der Waals surface area contributed by atoms with Gasteiger partial charge in [-0.2, -0.15) is 0 Å². The third kappa shape index (κ3) is 3.16. The van der Waals surface area contributed by atoms with Gasteiger partial charge in [0.25, 0.3) is 0 Å². The maximum absolute atomic E-state index is 11.4. The van der Waals surface area contributed by atoms with Gasteiger partial charge in [-0.05, 0) is 35.4 Å². The Hall–Kier alpha value is -3.27. The van der Waals surface area contributed by atoms with E-state index in [9.17, 15) is 15.0 Å². The molecule has 0 aromatic heterocycles. The van der Waals surface area contributed by atoms with E-state index < -0.39 is 5.97 Å². The fraction of sp³-hybridized carbons (Fsp3) is 0. The maximum Gasteiger partial charge on any atom is 0.337 e. The van der Waals surface area contributed by atoms with Crippen LogP contribution in [-0.2, 0) is 0 Å². The van der Waals surface area contributed by atoms with Crippen LogP contribution >= 0.6 is 0 Å². The van der Waals surface area contributed by atoms with Gasteiger partial charge in [-0.3, -0.25) is 0 Å².